The van der Waals surface area contributed by atoms with Gasteiger partial charge in [-0.25, -0.2) is 0 Å². The van der Waals surface area contributed by atoms with Gasteiger partial charge < -0.3 is 14.1 Å². The average molecular weight is 404 g/mol. The monoisotopic (exact) mass is 403 g/mol. The van der Waals surface area contributed by atoms with Gasteiger partial charge in [-0.3, -0.25) is 4.79 Å². The van der Waals surface area contributed by atoms with Crippen LogP contribution in [0, 0.1) is 12.8 Å². The lowest BCUT2D eigenvalue weighted by Crippen LogP contribution is -2.38. The van der Waals surface area contributed by atoms with E-state index in [4.69, 9.17) is 9.15 Å². The van der Waals surface area contributed by atoms with Gasteiger partial charge in [0, 0.05) is 41.7 Å². The van der Waals surface area contributed by atoms with Crippen molar-refractivity contribution in [3.8, 4) is 16.9 Å². The molecule has 1 aliphatic heterocycles. The van der Waals surface area contributed by atoms with Crippen molar-refractivity contribution in [1.29, 1.82) is 0 Å². The van der Waals surface area contributed by atoms with E-state index < -0.39 is 0 Å². The molecule has 1 unspecified atom stereocenters. The molecule has 3 aromatic rings. The Balaban J connectivity index is 1.72. The van der Waals surface area contributed by atoms with Crippen molar-refractivity contribution in [3.05, 3.63) is 59.9 Å². The van der Waals surface area contributed by atoms with Crippen LogP contribution in [0.5, 0.6) is 5.75 Å². The van der Waals surface area contributed by atoms with Crippen molar-refractivity contribution >= 4 is 22.4 Å². The topological polar surface area (TPSA) is 42.7 Å². The predicted octanol–water partition coefficient (Wildman–Crippen LogP) is 6.08. The van der Waals surface area contributed by atoms with E-state index in [9.17, 15) is 4.79 Å². The Labute approximate surface area is 178 Å². The quantitative estimate of drug-likeness (QED) is 0.496. The lowest BCUT2D eigenvalue weighted by molar-refractivity contribution is -0.127. The number of allylic oxidation sites excluding steroid dienone is 1. The Morgan fingerprint density at radius 3 is 2.70 bits per heavy atom. The zero-order valence-electron chi connectivity index (χ0n) is 18.2. The number of carbonyl (C=O) groups excluding carboxylic acids is 1. The smallest absolute Gasteiger partial charge is 0.246 e. The Kier molecular flexibility index (Phi) is 5.67. The van der Waals surface area contributed by atoms with Crippen LogP contribution >= 0.6 is 0 Å². The first kappa shape index (κ1) is 20.3. The molecular weight excluding hydrogens is 374 g/mol. The number of amides is 1. The van der Waals surface area contributed by atoms with Crippen molar-refractivity contribution in [2.75, 3.05) is 20.2 Å². The van der Waals surface area contributed by atoms with Gasteiger partial charge >= 0.3 is 0 Å². The number of likely N-dealkylation sites (tertiary alicyclic amines) is 1. The van der Waals surface area contributed by atoms with Crippen molar-refractivity contribution < 1.29 is 13.9 Å². The molecule has 4 heteroatoms. The molecule has 1 saturated heterocycles. The summed E-state index contributed by atoms with van der Waals surface area (Å²) in [7, 11) is 1.65. The van der Waals surface area contributed by atoms with Gasteiger partial charge in [-0.05, 0) is 49.8 Å². The summed E-state index contributed by atoms with van der Waals surface area (Å²) in [6.07, 6.45) is 5.80. The molecule has 2 aromatic carbocycles. The number of piperidine rings is 1. The SMILES string of the molecule is COc1cc2occ(-c3ccc(C)cc3)c2cc1/C(C)=C/C(=O)N1CCCC(C)C1. The summed E-state index contributed by atoms with van der Waals surface area (Å²) < 4.78 is 11.4. The number of ether oxygens (including phenoxy) is 1. The van der Waals surface area contributed by atoms with Crippen LogP contribution < -0.4 is 4.74 Å². The summed E-state index contributed by atoms with van der Waals surface area (Å²) in [4.78, 5) is 14.8. The number of aryl methyl sites for hydroxylation is 1. The zero-order chi connectivity index (χ0) is 21.3. The molecule has 156 valence electrons. The Morgan fingerprint density at radius 1 is 1.23 bits per heavy atom. The van der Waals surface area contributed by atoms with Crippen LogP contribution in [0.25, 0.3) is 27.7 Å². The summed E-state index contributed by atoms with van der Waals surface area (Å²) in [6.45, 7) is 7.92. The Morgan fingerprint density at radius 2 is 2.00 bits per heavy atom. The Bertz CT molecular complexity index is 1090. The van der Waals surface area contributed by atoms with Crippen LogP contribution in [0.15, 0.2) is 53.2 Å². The van der Waals surface area contributed by atoms with Crippen LogP contribution in [0.3, 0.4) is 0 Å². The molecule has 1 aromatic heterocycles. The first-order valence-electron chi connectivity index (χ1n) is 10.6. The van der Waals surface area contributed by atoms with Gasteiger partial charge in [0.2, 0.25) is 5.91 Å². The van der Waals surface area contributed by atoms with Crippen LogP contribution in [-0.4, -0.2) is 31.0 Å². The molecule has 2 heterocycles. The van der Waals surface area contributed by atoms with Crippen molar-refractivity contribution in [2.45, 2.75) is 33.6 Å². The maximum absolute atomic E-state index is 12.9. The van der Waals surface area contributed by atoms with E-state index in [0.717, 1.165) is 52.7 Å². The minimum absolute atomic E-state index is 0.0761. The molecule has 0 bridgehead atoms. The molecule has 30 heavy (non-hydrogen) atoms. The first-order chi connectivity index (χ1) is 14.5. The molecule has 1 fully saturated rings. The molecular formula is C26H29NO3. The normalized spacial score (nSPS) is 17.4. The molecule has 4 nitrogen and oxygen atoms in total. The number of fused-ring (bicyclic) bond motifs is 1. The summed E-state index contributed by atoms with van der Waals surface area (Å²) >= 11 is 0. The maximum Gasteiger partial charge on any atom is 0.246 e. The largest absolute Gasteiger partial charge is 0.496 e. The van der Waals surface area contributed by atoms with Gasteiger partial charge in [-0.15, -0.1) is 0 Å². The van der Waals surface area contributed by atoms with E-state index in [1.54, 1.807) is 19.4 Å². The van der Waals surface area contributed by atoms with Crippen molar-refractivity contribution in [1.82, 2.24) is 4.90 Å². The van der Waals surface area contributed by atoms with E-state index in [-0.39, 0.29) is 5.91 Å². The fourth-order valence-corrected chi connectivity index (χ4v) is 4.23. The molecule has 0 saturated carbocycles. The molecule has 0 aliphatic carbocycles. The van der Waals surface area contributed by atoms with Gasteiger partial charge in [0.05, 0.1) is 13.4 Å². The number of benzene rings is 2. The number of hydrogen-bond acceptors (Lipinski definition) is 3. The van der Waals surface area contributed by atoms with Crippen LogP contribution in [-0.2, 0) is 4.79 Å². The number of rotatable bonds is 4. The third-order valence-electron chi connectivity index (χ3n) is 5.99. The second-order valence-corrected chi connectivity index (χ2v) is 8.42. The van der Waals surface area contributed by atoms with E-state index in [2.05, 4.69) is 44.2 Å². The van der Waals surface area contributed by atoms with E-state index in [1.165, 1.54) is 12.0 Å². The lowest BCUT2D eigenvalue weighted by atomic mass is 9.98. The van der Waals surface area contributed by atoms with Crippen LogP contribution in [0.4, 0.5) is 0 Å². The fraction of sp³-hybridized carbons (Fsp3) is 0.346. The van der Waals surface area contributed by atoms with E-state index in [1.807, 2.05) is 17.9 Å². The highest BCUT2D eigenvalue weighted by Gasteiger charge is 2.20. The van der Waals surface area contributed by atoms with Crippen LogP contribution in [0.2, 0.25) is 0 Å². The number of carbonyl (C=O) groups is 1. The third-order valence-corrected chi connectivity index (χ3v) is 5.99. The highest BCUT2D eigenvalue weighted by atomic mass is 16.5. The summed E-state index contributed by atoms with van der Waals surface area (Å²) in [6, 6.07) is 12.4. The van der Waals surface area contributed by atoms with Gasteiger partial charge in [0.25, 0.3) is 0 Å². The third kappa shape index (κ3) is 4.00. The van der Waals surface area contributed by atoms with Crippen molar-refractivity contribution in [2.24, 2.45) is 5.92 Å². The minimum Gasteiger partial charge on any atom is -0.496 e. The number of nitrogens with zero attached hydrogens (tertiary/aromatic N) is 1. The number of furan rings is 1. The highest BCUT2D eigenvalue weighted by Crippen LogP contribution is 2.37. The van der Waals surface area contributed by atoms with Gasteiger partial charge in [0.1, 0.15) is 11.3 Å². The minimum atomic E-state index is 0.0761. The lowest BCUT2D eigenvalue weighted by Gasteiger charge is -2.30. The number of hydrogen-bond donors (Lipinski definition) is 0. The molecule has 0 N–H and O–H groups in total. The highest BCUT2D eigenvalue weighted by molar-refractivity contribution is 6.00. The Hall–Kier alpha value is -3.01. The van der Waals surface area contributed by atoms with E-state index >= 15 is 0 Å². The summed E-state index contributed by atoms with van der Waals surface area (Å²) in [5.74, 6) is 1.35. The fourth-order valence-electron chi connectivity index (χ4n) is 4.23. The molecule has 0 spiro atoms. The zero-order valence-corrected chi connectivity index (χ0v) is 18.2. The number of methoxy groups -OCH3 is 1. The van der Waals surface area contributed by atoms with Gasteiger partial charge in [0.15, 0.2) is 0 Å². The molecule has 0 radical (unpaired) electrons. The first-order valence-corrected chi connectivity index (χ1v) is 10.6. The molecule has 1 amide bonds. The van der Waals surface area contributed by atoms with Crippen LogP contribution in [0.1, 0.15) is 37.8 Å². The molecule has 1 aliphatic rings. The van der Waals surface area contributed by atoms with Gasteiger partial charge in [-0.2, -0.15) is 0 Å². The van der Waals surface area contributed by atoms with Crippen molar-refractivity contribution in [3.63, 3.8) is 0 Å². The maximum atomic E-state index is 12.9. The average Bonchev–Trinajstić information content (AvgIpc) is 3.16. The van der Waals surface area contributed by atoms with Gasteiger partial charge in [-0.1, -0.05) is 36.8 Å². The standard InChI is InChI=1S/C26H29NO3/c1-17-7-9-20(10-8-17)23-16-30-25-14-24(29-4)21(13-22(23)25)19(3)12-26(28)27-11-5-6-18(2)15-27/h7-10,12-14,16,18H,5-6,11,15H2,1-4H3/b19-12+. The van der Waals surface area contributed by atoms with E-state index in [0.29, 0.717) is 11.7 Å². The second-order valence-electron chi connectivity index (χ2n) is 8.42. The summed E-state index contributed by atoms with van der Waals surface area (Å²) in [5.41, 5.74) is 5.95. The predicted molar refractivity (Wildman–Crippen MR) is 122 cm³/mol. The second kappa shape index (κ2) is 8.39. The molecule has 1 atom stereocenters. The summed E-state index contributed by atoms with van der Waals surface area (Å²) in [5, 5.41) is 1.02. The molecule has 4 rings (SSSR count).